The number of amides is 4. The summed E-state index contributed by atoms with van der Waals surface area (Å²) in [7, 11) is 0. The van der Waals surface area contributed by atoms with Crippen LogP contribution in [-0.2, 0) is 21.5 Å². The third-order valence-corrected chi connectivity index (χ3v) is 5.26. The van der Waals surface area contributed by atoms with Crippen molar-refractivity contribution in [2.75, 3.05) is 11.9 Å². The molecule has 0 saturated carbocycles. The summed E-state index contributed by atoms with van der Waals surface area (Å²) in [6.45, 7) is 5.43. The van der Waals surface area contributed by atoms with Crippen molar-refractivity contribution in [2.45, 2.75) is 45.6 Å². The molecule has 29 heavy (non-hydrogen) atoms. The number of urea groups is 1. The van der Waals surface area contributed by atoms with Gasteiger partial charge >= 0.3 is 6.03 Å². The molecule has 0 radical (unpaired) electrons. The number of nitrogens with zero attached hydrogens (tertiary/aromatic N) is 1. The molecule has 0 bridgehead atoms. The predicted octanol–water partition coefficient (Wildman–Crippen LogP) is 3.74. The van der Waals surface area contributed by atoms with E-state index in [4.69, 9.17) is 0 Å². The third kappa shape index (κ3) is 4.47. The van der Waals surface area contributed by atoms with Crippen LogP contribution in [-0.4, -0.2) is 29.3 Å². The number of unbranched alkanes of at least 4 members (excludes halogenated alkanes) is 1. The van der Waals surface area contributed by atoms with Gasteiger partial charge in [0.25, 0.3) is 5.91 Å². The van der Waals surface area contributed by atoms with Gasteiger partial charge in [0.05, 0.1) is 0 Å². The number of hydrogen-bond donors (Lipinski definition) is 2. The second-order valence-corrected chi connectivity index (χ2v) is 7.66. The van der Waals surface area contributed by atoms with Crippen molar-refractivity contribution in [1.29, 1.82) is 0 Å². The maximum absolute atomic E-state index is 12.9. The lowest BCUT2D eigenvalue weighted by Crippen LogP contribution is -2.42. The Morgan fingerprint density at radius 2 is 1.72 bits per heavy atom. The number of rotatable bonds is 7. The van der Waals surface area contributed by atoms with Crippen LogP contribution < -0.4 is 10.6 Å². The average Bonchev–Trinajstić information content (AvgIpc) is 2.92. The maximum atomic E-state index is 12.9. The topological polar surface area (TPSA) is 78.5 Å². The fourth-order valence-corrected chi connectivity index (χ4v) is 3.40. The minimum absolute atomic E-state index is 0.330. The van der Waals surface area contributed by atoms with E-state index in [9.17, 15) is 14.4 Å². The van der Waals surface area contributed by atoms with Crippen molar-refractivity contribution in [3.8, 4) is 0 Å². The van der Waals surface area contributed by atoms with Gasteiger partial charge < -0.3 is 10.6 Å². The molecule has 6 heteroatoms. The van der Waals surface area contributed by atoms with E-state index in [0.717, 1.165) is 29.7 Å². The van der Waals surface area contributed by atoms with Crippen LogP contribution in [0.15, 0.2) is 48.5 Å². The molecule has 4 amide bonds. The molecule has 1 atom stereocenters. The molecule has 6 nitrogen and oxygen atoms in total. The SMILES string of the molecule is CCCCc1ccc(NC(=O)CN2C(=O)N[C@](C)(c3ccc(C)cc3)C2=O)cc1. The van der Waals surface area contributed by atoms with Gasteiger partial charge in [-0.05, 0) is 49.9 Å². The van der Waals surface area contributed by atoms with Crippen LogP contribution in [0, 0.1) is 6.92 Å². The van der Waals surface area contributed by atoms with E-state index < -0.39 is 23.4 Å². The molecule has 0 spiro atoms. The minimum atomic E-state index is -1.17. The molecular formula is C23H27N3O3. The first kappa shape index (κ1) is 20.6. The summed E-state index contributed by atoms with van der Waals surface area (Å²) < 4.78 is 0. The number of nitrogens with one attached hydrogen (secondary N) is 2. The van der Waals surface area contributed by atoms with Crippen molar-refractivity contribution in [1.82, 2.24) is 10.2 Å². The molecule has 1 aliphatic heterocycles. The Bertz CT molecular complexity index is 906. The van der Waals surface area contributed by atoms with Gasteiger partial charge in [-0.1, -0.05) is 55.3 Å². The smallest absolute Gasteiger partial charge is 0.325 e. The zero-order chi connectivity index (χ0) is 21.0. The molecule has 0 aromatic heterocycles. The van der Waals surface area contributed by atoms with E-state index in [-0.39, 0.29) is 6.54 Å². The summed E-state index contributed by atoms with van der Waals surface area (Å²) in [5.74, 6) is -0.848. The second-order valence-electron chi connectivity index (χ2n) is 7.66. The molecule has 2 aromatic carbocycles. The van der Waals surface area contributed by atoms with Gasteiger partial charge in [-0.3, -0.25) is 14.5 Å². The van der Waals surface area contributed by atoms with Crippen LogP contribution in [0.1, 0.15) is 43.4 Å². The minimum Gasteiger partial charge on any atom is -0.325 e. The summed E-state index contributed by atoms with van der Waals surface area (Å²) in [5, 5.41) is 5.47. The molecule has 1 aliphatic rings. The van der Waals surface area contributed by atoms with E-state index in [1.807, 2.05) is 55.5 Å². The molecule has 2 N–H and O–H groups in total. The Morgan fingerprint density at radius 3 is 2.34 bits per heavy atom. The second kappa shape index (κ2) is 8.47. The van der Waals surface area contributed by atoms with Gasteiger partial charge in [0.15, 0.2) is 0 Å². The monoisotopic (exact) mass is 393 g/mol. The fourth-order valence-electron chi connectivity index (χ4n) is 3.40. The number of benzene rings is 2. The highest BCUT2D eigenvalue weighted by atomic mass is 16.2. The zero-order valence-corrected chi connectivity index (χ0v) is 17.1. The largest absolute Gasteiger partial charge is 0.325 e. The molecule has 3 rings (SSSR count). The van der Waals surface area contributed by atoms with Crippen molar-refractivity contribution in [2.24, 2.45) is 0 Å². The number of hydrogen-bond acceptors (Lipinski definition) is 3. The summed E-state index contributed by atoms with van der Waals surface area (Å²) >= 11 is 0. The quantitative estimate of drug-likeness (QED) is 0.704. The van der Waals surface area contributed by atoms with Crippen molar-refractivity contribution >= 4 is 23.5 Å². The Morgan fingerprint density at radius 1 is 1.07 bits per heavy atom. The van der Waals surface area contributed by atoms with Gasteiger partial charge in [-0.2, -0.15) is 0 Å². The number of aryl methyl sites for hydroxylation is 2. The standard InChI is InChI=1S/C23H27N3O3/c1-4-5-6-17-9-13-19(14-10-17)24-20(27)15-26-21(28)23(3,25-22(26)29)18-11-7-16(2)8-12-18/h7-14H,4-6,15H2,1-3H3,(H,24,27)(H,25,29)/t23-/m1/s1. The fraction of sp³-hybridized carbons (Fsp3) is 0.348. The number of carbonyl (C=O) groups is 3. The van der Waals surface area contributed by atoms with Crippen LogP contribution in [0.4, 0.5) is 10.5 Å². The van der Waals surface area contributed by atoms with E-state index in [0.29, 0.717) is 11.3 Å². The van der Waals surface area contributed by atoms with Crippen LogP contribution in [0.5, 0.6) is 0 Å². The van der Waals surface area contributed by atoms with Gasteiger partial charge in [0.1, 0.15) is 12.1 Å². The van der Waals surface area contributed by atoms with Gasteiger partial charge in [-0.15, -0.1) is 0 Å². The third-order valence-electron chi connectivity index (χ3n) is 5.26. The van der Waals surface area contributed by atoms with E-state index in [2.05, 4.69) is 17.6 Å². The molecule has 0 aliphatic carbocycles. The van der Waals surface area contributed by atoms with Crippen LogP contribution in [0.2, 0.25) is 0 Å². The molecule has 1 heterocycles. The molecule has 1 fully saturated rings. The number of imide groups is 1. The van der Waals surface area contributed by atoms with E-state index in [1.165, 1.54) is 5.56 Å². The lowest BCUT2D eigenvalue weighted by atomic mass is 9.91. The molecular weight excluding hydrogens is 366 g/mol. The highest BCUT2D eigenvalue weighted by Gasteiger charge is 2.49. The normalized spacial score (nSPS) is 18.7. The molecule has 1 saturated heterocycles. The molecule has 152 valence electrons. The predicted molar refractivity (Wildman–Crippen MR) is 112 cm³/mol. The van der Waals surface area contributed by atoms with E-state index in [1.54, 1.807) is 6.92 Å². The van der Waals surface area contributed by atoms with Crippen molar-refractivity contribution < 1.29 is 14.4 Å². The first-order chi connectivity index (χ1) is 13.8. The Kier molecular flexibility index (Phi) is 6.01. The molecule has 0 unspecified atom stereocenters. The maximum Gasteiger partial charge on any atom is 0.325 e. The highest BCUT2D eigenvalue weighted by Crippen LogP contribution is 2.29. The summed E-state index contributed by atoms with van der Waals surface area (Å²) in [5.41, 5.74) is 2.43. The van der Waals surface area contributed by atoms with E-state index >= 15 is 0 Å². The van der Waals surface area contributed by atoms with Crippen LogP contribution in [0.3, 0.4) is 0 Å². The van der Waals surface area contributed by atoms with Crippen molar-refractivity contribution in [3.05, 3.63) is 65.2 Å². The van der Waals surface area contributed by atoms with Crippen LogP contribution in [0.25, 0.3) is 0 Å². The number of anilines is 1. The van der Waals surface area contributed by atoms with Gasteiger partial charge in [0.2, 0.25) is 5.91 Å². The lowest BCUT2D eigenvalue weighted by molar-refractivity contribution is -0.133. The van der Waals surface area contributed by atoms with Gasteiger partial charge in [0, 0.05) is 5.69 Å². The summed E-state index contributed by atoms with van der Waals surface area (Å²) in [4.78, 5) is 38.7. The lowest BCUT2D eigenvalue weighted by Gasteiger charge is -2.22. The summed E-state index contributed by atoms with van der Waals surface area (Å²) in [6.07, 6.45) is 3.26. The summed E-state index contributed by atoms with van der Waals surface area (Å²) in [6, 6.07) is 14.5. The Balaban J connectivity index is 1.65. The highest BCUT2D eigenvalue weighted by molar-refractivity contribution is 6.10. The first-order valence-electron chi connectivity index (χ1n) is 9.93. The average molecular weight is 393 g/mol. The number of carbonyl (C=O) groups excluding carboxylic acids is 3. The van der Waals surface area contributed by atoms with Crippen LogP contribution >= 0.6 is 0 Å². The zero-order valence-electron chi connectivity index (χ0n) is 17.1. The van der Waals surface area contributed by atoms with Gasteiger partial charge in [-0.25, -0.2) is 4.79 Å². The Labute approximate surface area is 171 Å². The molecule has 2 aromatic rings. The first-order valence-corrected chi connectivity index (χ1v) is 9.93. The Hall–Kier alpha value is -3.15. The van der Waals surface area contributed by atoms with Crippen molar-refractivity contribution in [3.63, 3.8) is 0 Å².